The quantitative estimate of drug-likeness (QED) is 0.292. The van der Waals surface area contributed by atoms with Crippen molar-refractivity contribution in [3.05, 3.63) is 59.0 Å². The van der Waals surface area contributed by atoms with Crippen LogP contribution in [0.15, 0.2) is 52.2 Å². The van der Waals surface area contributed by atoms with Gasteiger partial charge in [0.2, 0.25) is 0 Å². The molecule has 0 bridgehead atoms. The lowest BCUT2D eigenvalue weighted by Crippen LogP contribution is -2.15. The van der Waals surface area contributed by atoms with Crippen molar-refractivity contribution in [1.29, 1.82) is 0 Å². The van der Waals surface area contributed by atoms with Gasteiger partial charge in [0.25, 0.3) is 0 Å². The van der Waals surface area contributed by atoms with E-state index < -0.39 is 11.6 Å². The molecule has 26 heavy (non-hydrogen) atoms. The predicted molar refractivity (Wildman–Crippen MR) is 97.9 cm³/mol. The minimum Gasteiger partial charge on any atom is -0.497 e. The third-order valence-electron chi connectivity index (χ3n) is 4.00. The first kappa shape index (κ1) is 17.5. The molecule has 0 aliphatic heterocycles. The Bertz CT molecular complexity index is 1050. The number of carbonyl (C=O) groups excluding carboxylic acids is 1. The van der Waals surface area contributed by atoms with Crippen molar-refractivity contribution < 1.29 is 23.4 Å². The molecule has 0 aliphatic carbocycles. The van der Waals surface area contributed by atoms with Crippen molar-refractivity contribution in [2.45, 2.75) is 6.92 Å². The van der Waals surface area contributed by atoms with Crippen molar-refractivity contribution in [3.63, 3.8) is 0 Å². The third kappa shape index (κ3) is 3.26. The summed E-state index contributed by atoms with van der Waals surface area (Å²) in [7, 11) is 1.54. The summed E-state index contributed by atoms with van der Waals surface area (Å²) in [6, 6.07) is 8.79. The van der Waals surface area contributed by atoms with Gasteiger partial charge < -0.3 is 18.6 Å². The van der Waals surface area contributed by atoms with Crippen LogP contribution in [0.3, 0.4) is 0 Å². The van der Waals surface area contributed by atoms with E-state index in [0.717, 1.165) is 10.8 Å². The van der Waals surface area contributed by atoms with Crippen molar-refractivity contribution >= 4 is 27.7 Å². The number of carbonyl (C=O) groups is 1. The van der Waals surface area contributed by atoms with Crippen LogP contribution in [0.1, 0.15) is 5.56 Å². The van der Waals surface area contributed by atoms with Crippen molar-refractivity contribution in [3.8, 4) is 11.5 Å². The van der Waals surface area contributed by atoms with Gasteiger partial charge in [-0.15, -0.1) is 0 Å². The maximum atomic E-state index is 12.4. The van der Waals surface area contributed by atoms with Crippen LogP contribution >= 0.6 is 0 Å². The highest BCUT2D eigenvalue weighted by Crippen LogP contribution is 2.32. The second-order valence-corrected chi connectivity index (χ2v) is 5.63. The van der Waals surface area contributed by atoms with Crippen molar-refractivity contribution in [1.82, 2.24) is 0 Å². The first-order chi connectivity index (χ1) is 12.5. The second-order valence-electron chi connectivity index (χ2n) is 5.63. The predicted octanol–water partition coefficient (Wildman–Crippen LogP) is 3.37. The molecular formula is C20H18O6. The molecule has 1 aromatic heterocycles. The molecule has 2 aromatic carbocycles. The average Bonchev–Trinajstić information content (AvgIpc) is 2.66. The number of aryl methyl sites for hydroxylation is 1. The Balaban J connectivity index is 2.01. The van der Waals surface area contributed by atoms with E-state index in [0.29, 0.717) is 28.0 Å². The Labute approximate surface area is 149 Å². The number of rotatable bonds is 6. The van der Waals surface area contributed by atoms with Crippen LogP contribution in [0, 0.1) is 6.92 Å². The molecule has 0 saturated carbocycles. The Morgan fingerprint density at radius 1 is 1.19 bits per heavy atom. The summed E-state index contributed by atoms with van der Waals surface area (Å²) in [5, 5.41) is 1.98. The summed E-state index contributed by atoms with van der Waals surface area (Å²) in [5.74, 6) is 0.527. The van der Waals surface area contributed by atoms with E-state index >= 15 is 0 Å². The average molecular weight is 354 g/mol. The zero-order valence-corrected chi connectivity index (χ0v) is 14.5. The molecule has 3 aromatic rings. The van der Waals surface area contributed by atoms with Gasteiger partial charge in [-0.1, -0.05) is 12.7 Å². The molecular weight excluding hydrogens is 336 g/mol. The number of fused-ring (bicyclic) bond motifs is 3. The maximum absolute atomic E-state index is 12.4. The highest BCUT2D eigenvalue weighted by atomic mass is 16.6. The Morgan fingerprint density at radius 2 is 1.96 bits per heavy atom. The van der Waals surface area contributed by atoms with E-state index in [2.05, 4.69) is 6.58 Å². The van der Waals surface area contributed by atoms with Crippen molar-refractivity contribution in [2.24, 2.45) is 0 Å². The topological polar surface area (TPSA) is 75.0 Å². The van der Waals surface area contributed by atoms with E-state index in [1.807, 2.05) is 6.07 Å². The summed E-state index contributed by atoms with van der Waals surface area (Å²) in [6.07, 6.45) is 1.48. The SMILES string of the molecule is C=CCOC(=O)COc1ccc2c(oc(=O)c3cc(OC)ccc32)c1C. The molecule has 0 fully saturated rings. The molecule has 0 unspecified atom stereocenters. The van der Waals surface area contributed by atoms with Crippen molar-refractivity contribution in [2.75, 3.05) is 20.3 Å². The van der Waals surface area contributed by atoms with E-state index in [-0.39, 0.29) is 13.2 Å². The molecule has 1 heterocycles. The minimum absolute atomic E-state index is 0.128. The largest absolute Gasteiger partial charge is 0.497 e. The number of hydrogen-bond acceptors (Lipinski definition) is 6. The van der Waals surface area contributed by atoms with Crippen LogP contribution < -0.4 is 15.1 Å². The summed E-state index contributed by atoms with van der Waals surface area (Å²) in [4.78, 5) is 23.9. The lowest BCUT2D eigenvalue weighted by Gasteiger charge is -2.11. The smallest absolute Gasteiger partial charge is 0.344 e. The van der Waals surface area contributed by atoms with Crippen LogP contribution in [0.25, 0.3) is 21.7 Å². The molecule has 6 nitrogen and oxygen atoms in total. The number of hydrogen-bond donors (Lipinski definition) is 0. The molecule has 3 rings (SSSR count). The molecule has 0 atom stereocenters. The van der Waals surface area contributed by atoms with Gasteiger partial charge in [0.1, 0.15) is 23.7 Å². The van der Waals surface area contributed by atoms with Gasteiger partial charge in [-0.2, -0.15) is 0 Å². The lowest BCUT2D eigenvalue weighted by atomic mass is 10.0. The Morgan fingerprint density at radius 3 is 2.69 bits per heavy atom. The van der Waals surface area contributed by atoms with Gasteiger partial charge >= 0.3 is 11.6 Å². The lowest BCUT2D eigenvalue weighted by molar-refractivity contribution is -0.144. The zero-order chi connectivity index (χ0) is 18.7. The number of benzene rings is 2. The van der Waals surface area contributed by atoms with Crippen LogP contribution in [0.2, 0.25) is 0 Å². The molecule has 0 amide bonds. The Kier molecular flexibility index (Phi) is 4.93. The maximum Gasteiger partial charge on any atom is 0.344 e. The zero-order valence-electron chi connectivity index (χ0n) is 14.5. The number of ether oxygens (including phenoxy) is 3. The molecule has 6 heteroatoms. The number of methoxy groups -OCH3 is 1. The normalized spacial score (nSPS) is 10.7. The van der Waals surface area contributed by atoms with E-state index in [1.165, 1.54) is 13.2 Å². The first-order valence-electron chi connectivity index (χ1n) is 7.98. The molecule has 0 saturated heterocycles. The Hall–Kier alpha value is -3.28. The van der Waals surface area contributed by atoms with Gasteiger partial charge in [-0.25, -0.2) is 9.59 Å². The fourth-order valence-corrected chi connectivity index (χ4v) is 2.71. The van der Waals surface area contributed by atoms with E-state index in [4.69, 9.17) is 18.6 Å². The summed E-state index contributed by atoms with van der Waals surface area (Å²) < 4.78 is 21.0. The highest BCUT2D eigenvalue weighted by molar-refractivity contribution is 6.06. The first-order valence-corrected chi connectivity index (χ1v) is 7.98. The summed E-state index contributed by atoms with van der Waals surface area (Å²) in [5.41, 5.74) is 0.593. The van der Waals surface area contributed by atoms with Gasteiger partial charge in [-0.3, -0.25) is 0 Å². The highest BCUT2D eigenvalue weighted by Gasteiger charge is 2.14. The standard InChI is InChI=1S/C20H18O6/c1-4-9-24-18(21)11-25-17-8-7-15-14-6-5-13(23-3)10-16(14)20(22)26-19(15)12(17)2/h4-8,10H,1,9,11H2,2-3H3. The summed E-state index contributed by atoms with van der Waals surface area (Å²) in [6.45, 7) is 5.13. The van der Waals surface area contributed by atoms with Gasteiger partial charge in [0, 0.05) is 16.3 Å². The fourth-order valence-electron chi connectivity index (χ4n) is 2.71. The molecule has 0 aliphatic rings. The van der Waals surface area contributed by atoms with Gasteiger partial charge in [0.15, 0.2) is 6.61 Å². The van der Waals surface area contributed by atoms with Crippen LogP contribution in [-0.4, -0.2) is 26.3 Å². The molecule has 0 radical (unpaired) electrons. The fraction of sp³-hybridized carbons (Fsp3) is 0.200. The monoisotopic (exact) mass is 354 g/mol. The van der Waals surface area contributed by atoms with E-state index in [9.17, 15) is 9.59 Å². The van der Waals surface area contributed by atoms with Crippen LogP contribution in [-0.2, 0) is 9.53 Å². The number of esters is 1. The van der Waals surface area contributed by atoms with Crippen LogP contribution in [0.5, 0.6) is 11.5 Å². The van der Waals surface area contributed by atoms with E-state index in [1.54, 1.807) is 31.2 Å². The molecule has 134 valence electrons. The van der Waals surface area contributed by atoms with Gasteiger partial charge in [0.05, 0.1) is 12.5 Å². The van der Waals surface area contributed by atoms with Crippen LogP contribution in [0.4, 0.5) is 0 Å². The minimum atomic E-state index is -0.503. The molecule has 0 N–H and O–H groups in total. The third-order valence-corrected chi connectivity index (χ3v) is 4.00. The van der Waals surface area contributed by atoms with Gasteiger partial charge in [-0.05, 0) is 37.3 Å². The summed E-state index contributed by atoms with van der Waals surface area (Å²) >= 11 is 0. The molecule has 0 spiro atoms. The second kappa shape index (κ2) is 7.31.